The Hall–Kier alpha value is -1.57. The molecule has 2 aliphatic carbocycles. The lowest BCUT2D eigenvalue weighted by Crippen LogP contribution is -2.48. The monoisotopic (exact) mass is 270 g/mol. The zero-order valence-corrected chi connectivity index (χ0v) is 12.3. The van der Waals surface area contributed by atoms with Gasteiger partial charge in [-0.15, -0.1) is 0 Å². The first kappa shape index (κ1) is 13.4. The Morgan fingerprint density at radius 2 is 2.15 bits per heavy atom. The van der Waals surface area contributed by atoms with Gasteiger partial charge in [0.1, 0.15) is 0 Å². The summed E-state index contributed by atoms with van der Waals surface area (Å²) in [5.41, 5.74) is 2.08. The second-order valence-corrected chi connectivity index (χ2v) is 6.02. The van der Waals surface area contributed by atoms with E-state index in [2.05, 4.69) is 37.3 Å². The molecule has 106 valence electrons. The number of carbonyl (C=O) groups is 1. The van der Waals surface area contributed by atoms with Gasteiger partial charge in [-0.1, -0.05) is 43.3 Å². The van der Waals surface area contributed by atoms with Crippen LogP contribution in [0, 0.1) is 5.92 Å². The zero-order valence-electron chi connectivity index (χ0n) is 12.3. The molecular formula is C18H22O2. The maximum atomic E-state index is 12.8. The minimum atomic E-state index is -0.451. The van der Waals surface area contributed by atoms with Crippen LogP contribution in [0.15, 0.2) is 36.4 Å². The third-order valence-electron chi connectivity index (χ3n) is 4.97. The van der Waals surface area contributed by atoms with Crippen molar-refractivity contribution in [2.45, 2.75) is 44.4 Å². The molecule has 0 fully saturated rings. The Kier molecular flexibility index (Phi) is 3.41. The van der Waals surface area contributed by atoms with Crippen LogP contribution in [-0.4, -0.2) is 12.6 Å². The summed E-state index contributed by atoms with van der Waals surface area (Å²) in [4.78, 5) is 12.8. The van der Waals surface area contributed by atoms with Crippen molar-refractivity contribution in [2.24, 2.45) is 5.92 Å². The molecule has 3 atom stereocenters. The van der Waals surface area contributed by atoms with Crippen molar-refractivity contribution in [1.82, 2.24) is 0 Å². The smallest absolute Gasteiger partial charge is 0.317 e. The lowest BCUT2D eigenvalue weighted by atomic mass is 9.56. The van der Waals surface area contributed by atoms with E-state index in [9.17, 15) is 4.79 Å². The number of benzene rings is 1. The molecule has 0 spiro atoms. The average molecular weight is 270 g/mol. The molecule has 0 radical (unpaired) electrons. The number of ether oxygens (including phenoxy) is 1. The summed E-state index contributed by atoms with van der Waals surface area (Å²) in [6, 6.07) is 8.43. The van der Waals surface area contributed by atoms with Crippen molar-refractivity contribution >= 4 is 5.97 Å². The van der Waals surface area contributed by atoms with Gasteiger partial charge in [0.05, 0.1) is 12.0 Å². The largest absolute Gasteiger partial charge is 0.465 e. The summed E-state index contributed by atoms with van der Waals surface area (Å²) in [6.45, 7) is 4.61. The van der Waals surface area contributed by atoms with Crippen LogP contribution in [0.2, 0.25) is 0 Å². The van der Waals surface area contributed by atoms with E-state index in [1.54, 1.807) is 0 Å². The Labute approximate surface area is 120 Å². The van der Waals surface area contributed by atoms with E-state index in [-0.39, 0.29) is 5.97 Å². The van der Waals surface area contributed by atoms with Crippen molar-refractivity contribution in [2.75, 3.05) is 6.61 Å². The first-order valence-electron chi connectivity index (χ1n) is 7.61. The number of rotatable bonds is 2. The Morgan fingerprint density at radius 3 is 2.95 bits per heavy atom. The lowest BCUT2D eigenvalue weighted by molar-refractivity contribution is -0.153. The van der Waals surface area contributed by atoms with Crippen LogP contribution < -0.4 is 0 Å². The van der Waals surface area contributed by atoms with E-state index < -0.39 is 5.41 Å². The Balaban J connectivity index is 2.17. The van der Waals surface area contributed by atoms with Crippen LogP contribution in [0.3, 0.4) is 0 Å². The van der Waals surface area contributed by atoms with Gasteiger partial charge in [-0.2, -0.15) is 0 Å². The van der Waals surface area contributed by atoms with Gasteiger partial charge in [-0.25, -0.2) is 0 Å². The molecule has 1 aromatic carbocycles. The van der Waals surface area contributed by atoms with Crippen molar-refractivity contribution in [3.05, 3.63) is 47.5 Å². The number of allylic oxidation sites excluding steroid dienone is 2. The second-order valence-electron chi connectivity index (χ2n) is 6.02. The molecule has 3 rings (SSSR count). The lowest BCUT2D eigenvalue weighted by Gasteiger charge is -2.46. The molecule has 2 aliphatic rings. The van der Waals surface area contributed by atoms with Gasteiger partial charge in [0.2, 0.25) is 0 Å². The molecule has 0 saturated heterocycles. The Morgan fingerprint density at radius 1 is 1.35 bits per heavy atom. The Bertz CT molecular complexity index is 546. The predicted octanol–water partition coefficient (Wildman–Crippen LogP) is 3.96. The van der Waals surface area contributed by atoms with E-state index in [4.69, 9.17) is 4.74 Å². The molecule has 2 nitrogen and oxygen atoms in total. The van der Waals surface area contributed by atoms with Gasteiger partial charge in [0, 0.05) is 0 Å². The van der Waals surface area contributed by atoms with Crippen LogP contribution in [0.25, 0.3) is 0 Å². The third kappa shape index (κ3) is 1.81. The number of carbonyl (C=O) groups excluding carboxylic acids is 1. The summed E-state index contributed by atoms with van der Waals surface area (Å²) in [5, 5.41) is 0. The van der Waals surface area contributed by atoms with Crippen LogP contribution in [0.1, 0.15) is 50.2 Å². The normalized spacial score (nSPS) is 31.3. The summed E-state index contributed by atoms with van der Waals surface area (Å²) >= 11 is 0. The van der Waals surface area contributed by atoms with Crippen LogP contribution in [-0.2, 0) is 14.9 Å². The molecule has 0 N–H and O–H groups in total. The second kappa shape index (κ2) is 5.08. The highest BCUT2D eigenvalue weighted by Gasteiger charge is 2.52. The summed E-state index contributed by atoms with van der Waals surface area (Å²) in [6.07, 6.45) is 7.21. The average Bonchev–Trinajstić information content (AvgIpc) is 2.48. The van der Waals surface area contributed by atoms with Gasteiger partial charge >= 0.3 is 5.97 Å². The van der Waals surface area contributed by atoms with Crippen LogP contribution in [0.5, 0.6) is 0 Å². The van der Waals surface area contributed by atoms with E-state index in [1.165, 1.54) is 11.1 Å². The first-order chi connectivity index (χ1) is 9.70. The fraction of sp³-hybridized carbons (Fsp3) is 0.500. The SMILES string of the molecule is CCOC(=O)[C@]12CC=CC[C@H]1C[C@H](C)c1ccccc12. The third-order valence-corrected chi connectivity index (χ3v) is 4.97. The fourth-order valence-corrected chi connectivity index (χ4v) is 4.03. The number of hydrogen-bond acceptors (Lipinski definition) is 2. The van der Waals surface area contributed by atoms with Crippen molar-refractivity contribution in [3.8, 4) is 0 Å². The van der Waals surface area contributed by atoms with Crippen molar-refractivity contribution in [3.63, 3.8) is 0 Å². The highest BCUT2D eigenvalue weighted by molar-refractivity contribution is 5.85. The quantitative estimate of drug-likeness (QED) is 0.600. The van der Waals surface area contributed by atoms with E-state index >= 15 is 0 Å². The van der Waals surface area contributed by atoms with E-state index in [1.807, 2.05) is 13.0 Å². The van der Waals surface area contributed by atoms with Gasteiger partial charge < -0.3 is 4.74 Å². The fourth-order valence-electron chi connectivity index (χ4n) is 4.03. The predicted molar refractivity (Wildman–Crippen MR) is 79.6 cm³/mol. The molecule has 0 saturated carbocycles. The number of fused-ring (bicyclic) bond motifs is 3. The molecule has 20 heavy (non-hydrogen) atoms. The highest BCUT2D eigenvalue weighted by Crippen LogP contribution is 2.52. The van der Waals surface area contributed by atoms with Crippen LogP contribution in [0.4, 0.5) is 0 Å². The minimum absolute atomic E-state index is 0.0336. The van der Waals surface area contributed by atoms with Gasteiger partial charge in [-0.3, -0.25) is 4.79 Å². The first-order valence-corrected chi connectivity index (χ1v) is 7.61. The van der Waals surface area contributed by atoms with Gasteiger partial charge in [0.25, 0.3) is 0 Å². The zero-order chi connectivity index (χ0) is 14.2. The standard InChI is InChI=1S/C18H22O2/c1-3-20-17(19)18-11-7-6-8-14(18)12-13(2)15-9-4-5-10-16(15)18/h4-7,9-10,13-14H,3,8,11-12H2,1-2H3/t13-,14-,18+/m0/s1. The molecule has 0 unspecified atom stereocenters. The summed E-state index contributed by atoms with van der Waals surface area (Å²) in [5.74, 6) is 0.857. The van der Waals surface area contributed by atoms with E-state index in [0.29, 0.717) is 18.4 Å². The summed E-state index contributed by atoms with van der Waals surface area (Å²) in [7, 11) is 0. The number of hydrogen-bond donors (Lipinski definition) is 0. The molecule has 1 aromatic rings. The molecule has 2 heteroatoms. The maximum absolute atomic E-state index is 12.8. The van der Waals surface area contributed by atoms with Gasteiger partial charge in [0.15, 0.2) is 0 Å². The van der Waals surface area contributed by atoms with E-state index in [0.717, 1.165) is 19.3 Å². The molecule has 0 heterocycles. The topological polar surface area (TPSA) is 26.3 Å². The summed E-state index contributed by atoms with van der Waals surface area (Å²) < 4.78 is 5.46. The van der Waals surface area contributed by atoms with Crippen molar-refractivity contribution < 1.29 is 9.53 Å². The molecule has 0 aliphatic heterocycles. The molecule has 0 amide bonds. The van der Waals surface area contributed by atoms with Crippen LogP contribution >= 0.6 is 0 Å². The molecular weight excluding hydrogens is 248 g/mol. The number of esters is 1. The van der Waals surface area contributed by atoms with Crippen molar-refractivity contribution in [1.29, 1.82) is 0 Å². The van der Waals surface area contributed by atoms with Gasteiger partial charge in [-0.05, 0) is 49.1 Å². The molecule has 0 bridgehead atoms. The minimum Gasteiger partial charge on any atom is -0.465 e. The maximum Gasteiger partial charge on any atom is 0.317 e. The highest BCUT2D eigenvalue weighted by atomic mass is 16.5. The molecule has 0 aromatic heterocycles.